The molecule has 0 heterocycles. The Hall–Kier alpha value is -1.03. The van der Waals surface area contributed by atoms with Gasteiger partial charge in [-0.1, -0.05) is 36.4 Å². The quantitative estimate of drug-likeness (QED) is 0.530. The maximum absolute atomic E-state index is 12.3. The Kier molecular flexibility index (Phi) is 3.52. The fourth-order valence-corrected chi connectivity index (χ4v) is 2.08. The van der Waals surface area contributed by atoms with Crippen LogP contribution in [0.15, 0.2) is 36.4 Å². The molecule has 0 spiro atoms. The molecule has 0 fully saturated rings. The molecule has 0 aliphatic heterocycles. The van der Waals surface area contributed by atoms with Crippen molar-refractivity contribution in [3.05, 3.63) is 42.0 Å². The molecule has 0 amide bonds. The van der Waals surface area contributed by atoms with Crippen LogP contribution in [0.1, 0.15) is 12.5 Å². The van der Waals surface area contributed by atoms with Gasteiger partial charge in [0.05, 0.1) is 6.04 Å². The Morgan fingerprint density at radius 2 is 1.79 bits per heavy atom. The highest BCUT2D eigenvalue weighted by Gasteiger charge is 2.37. The lowest BCUT2D eigenvalue weighted by molar-refractivity contribution is 0.479. The van der Waals surface area contributed by atoms with E-state index < -0.39 is 15.1 Å². The van der Waals surface area contributed by atoms with Gasteiger partial charge in [-0.2, -0.15) is 0 Å². The van der Waals surface area contributed by atoms with Gasteiger partial charge in [0.15, 0.2) is 0 Å². The summed E-state index contributed by atoms with van der Waals surface area (Å²) in [7, 11) is -5.49. The van der Waals surface area contributed by atoms with Gasteiger partial charge < -0.3 is 0 Å². The van der Waals surface area contributed by atoms with Crippen LogP contribution in [0.3, 0.4) is 0 Å². The first kappa shape index (κ1) is 11.0. The zero-order chi connectivity index (χ0) is 10.6. The van der Waals surface area contributed by atoms with E-state index in [1.54, 1.807) is 37.3 Å². The number of hydrogen-bond donors (Lipinski definition) is 0. The lowest BCUT2D eigenvalue weighted by atomic mass is 10.1. The molecule has 76 valence electrons. The van der Waals surface area contributed by atoms with Crippen LogP contribution in [0.25, 0.3) is 5.57 Å². The minimum atomic E-state index is -5.49. The summed E-state index contributed by atoms with van der Waals surface area (Å²) in [6, 6.07) is 7.97. The molecule has 0 radical (unpaired) electrons. The van der Waals surface area contributed by atoms with Gasteiger partial charge in [0.1, 0.15) is 0 Å². The van der Waals surface area contributed by atoms with Crippen molar-refractivity contribution in [3.8, 4) is 0 Å². The number of hydrogen-bond acceptors (Lipinski definition) is 0. The molecular weight excluding hydrogens is 205 g/mol. The monoisotopic (exact) mass is 216 g/mol. The van der Waals surface area contributed by atoms with Gasteiger partial charge in [0, 0.05) is 0 Å². The minimum Gasteiger partial charge on any atom is -0.237 e. The molecule has 0 aromatic heterocycles. The van der Waals surface area contributed by atoms with Crippen LogP contribution in [0.4, 0.5) is 12.3 Å². The van der Waals surface area contributed by atoms with Gasteiger partial charge in [-0.3, -0.25) is 0 Å². The summed E-state index contributed by atoms with van der Waals surface area (Å²) in [5, 5.41) is 0. The Bertz CT molecular complexity index is 314. The molecule has 0 unspecified atom stereocenters. The second-order valence-electron chi connectivity index (χ2n) is 2.97. The van der Waals surface area contributed by atoms with E-state index in [-0.39, 0.29) is 0 Å². The molecule has 0 saturated heterocycles. The average Bonchev–Trinajstić information content (AvgIpc) is 2.14. The van der Waals surface area contributed by atoms with Gasteiger partial charge in [0.25, 0.3) is 0 Å². The summed E-state index contributed by atoms with van der Waals surface area (Å²) in [6.07, 6.45) is 1.54. The highest BCUT2D eigenvalue weighted by molar-refractivity contribution is 6.60. The smallest absolute Gasteiger partial charge is 0.237 e. The molecule has 0 aliphatic rings. The topological polar surface area (TPSA) is 0 Å². The third kappa shape index (κ3) is 3.37. The van der Waals surface area contributed by atoms with Crippen molar-refractivity contribution in [2.45, 2.75) is 13.0 Å². The van der Waals surface area contributed by atoms with E-state index in [9.17, 15) is 12.3 Å². The summed E-state index contributed by atoms with van der Waals surface area (Å²) in [4.78, 5) is 0. The Morgan fingerprint density at radius 1 is 1.21 bits per heavy atom. The van der Waals surface area contributed by atoms with Gasteiger partial charge >= 0.3 is 9.08 Å². The molecule has 4 heteroatoms. The van der Waals surface area contributed by atoms with Crippen molar-refractivity contribution >= 4 is 14.6 Å². The fourth-order valence-electron chi connectivity index (χ4n) is 1.24. The predicted molar refractivity (Wildman–Crippen MR) is 54.0 cm³/mol. The maximum atomic E-state index is 12.3. The van der Waals surface area contributed by atoms with Crippen LogP contribution in [-0.2, 0) is 0 Å². The van der Waals surface area contributed by atoms with Crippen LogP contribution >= 0.6 is 0 Å². The van der Waals surface area contributed by atoms with Crippen molar-refractivity contribution in [2.24, 2.45) is 0 Å². The van der Waals surface area contributed by atoms with E-state index in [2.05, 4.69) is 0 Å². The van der Waals surface area contributed by atoms with E-state index in [1.165, 1.54) is 6.08 Å². The van der Waals surface area contributed by atoms with Gasteiger partial charge in [0.2, 0.25) is 0 Å². The molecule has 1 aromatic carbocycles. The Balaban J connectivity index is 2.85. The van der Waals surface area contributed by atoms with Crippen molar-refractivity contribution in [2.75, 3.05) is 0 Å². The molecule has 1 rings (SSSR count). The van der Waals surface area contributed by atoms with Crippen LogP contribution < -0.4 is 0 Å². The molecule has 0 nitrogen and oxygen atoms in total. The first-order valence-corrected chi connectivity index (χ1v) is 6.14. The predicted octanol–water partition coefficient (Wildman–Crippen LogP) is 3.94. The molecule has 1 aromatic rings. The molecule has 0 saturated carbocycles. The van der Waals surface area contributed by atoms with Crippen molar-refractivity contribution in [3.63, 3.8) is 0 Å². The summed E-state index contributed by atoms with van der Waals surface area (Å²) >= 11 is 0. The number of allylic oxidation sites excluding steroid dienone is 2. The van der Waals surface area contributed by atoms with Gasteiger partial charge in [-0.05, 0) is 18.1 Å². The molecule has 0 atom stereocenters. The van der Waals surface area contributed by atoms with E-state index in [1.807, 2.05) is 0 Å². The van der Waals surface area contributed by atoms with Gasteiger partial charge in [-0.15, -0.1) is 0 Å². The van der Waals surface area contributed by atoms with Crippen LogP contribution in [-0.4, -0.2) is 9.08 Å². The zero-order valence-corrected chi connectivity index (χ0v) is 8.81. The van der Waals surface area contributed by atoms with Crippen LogP contribution in [0, 0.1) is 0 Å². The highest BCUT2D eigenvalue weighted by atomic mass is 28.5. The largest absolute Gasteiger partial charge is 0.620 e. The molecule has 0 N–H and O–H groups in total. The standard InChI is InChI=1S/C10H11F3Si/c1-2-9(8-14(11,12)13)10-6-4-3-5-7-10/h2-7H,8H2,1H3. The van der Waals surface area contributed by atoms with E-state index in [0.29, 0.717) is 11.1 Å². The summed E-state index contributed by atoms with van der Waals surface area (Å²) in [5.41, 5.74) is 1.05. The average molecular weight is 216 g/mol. The van der Waals surface area contributed by atoms with Crippen molar-refractivity contribution in [1.29, 1.82) is 0 Å². The van der Waals surface area contributed by atoms with Crippen molar-refractivity contribution in [1.82, 2.24) is 0 Å². The third-order valence-corrected chi connectivity index (χ3v) is 2.67. The molecule has 14 heavy (non-hydrogen) atoms. The van der Waals surface area contributed by atoms with E-state index in [0.717, 1.165) is 0 Å². The van der Waals surface area contributed by atoms with E-state index in [4.69, 9.17) is 0 Å². The van der Waals surface area contributed by atoms with Crippen LogP contribution in [0.5, 0.6) is 0 Å². The van der Waals surface area contributed by atoms with E-state index >= 15 is 0 Å². The lowest BCUT2D eigenvalue weighted by Gasteiger charge is -2.07. The zero-order valence-electron chi connectivity index (χ0n) is 7.81. The van der Waals surface area contributed by atoms with Crippen LogP contribution in [0.2, 0.25) is 6.04 Å². The Morgan fingerprint density at radius 3 is 2.21 bits per heavy atom. The number of benzene rings is 1. The highest BCUT2D eigenvalue weighted by Crippen LogP contribution is 2.27. The second-order valence-corrected chi connectivity index (χ2v) is 4.56. The second kappa shape index (κ2) is 4.46. The minimum absolute atomic E-state index is 0.379. The normalized spacial score (nSPS) is 13.0. The SMILES string of the molecule is CC=C(C[Si](F)(F)F)c1ccccc1. The lowest BCUT2D eigenvalue weighted by Crippen LogP contribution is -2.14. The first-order chi connectivity index (χ1) is 6.53. The third-order valence-electron chi connectivity index (χ3n) is 1.88. The molecular formula is C10H11F3Si. The Labute approximate surface area is 82.6 Å². The summed E-state index contributed by atoms with van der Waals surface area (Å²) < 4.78 is 36.8. The number of halogens is 3. The van der Waals surface area contributed by atoms with Gasteiger partial charge in [-0.25, -0.2) is 12.3 Å². The molecule has 0 bridgehead atoms. The fraction of sp³-hybridized carbons (Fsp3) is 0.200. The maximum Gasteiger partial charge on any atom is 0.620 e. The number of rotatable bonds is 3. The van der Waals surface area contributed by atoms with Crippen molar-refractivity contribution < 1.29 is 12.3 Å². The summed E-state index contributed by atoms with van der Waals surface area (Å²) in [6.45, 7) is 1.64. The first-order valence-electron chi connectivity index (χ1n) is 4.30. The molecule has 0 aliphatic carbocycles. The summed E-state index contributed by atoms with van der Waals surface area (Å²) in [5.74, 6) is 0.